The van der Waals surface area contributed by atoms with E-state index in [1.54, 1.807) is 23.1 Å². The summed E-state index contributed by atoms with van der Waals surface area (Å²) in [5.41, 5.74) is 0.296. The standard InChI is InChI=1S/C22H21F2N3O4S/c23-17-6-2-1-5-16(17)19-15-25-21(31-19)9-10-22(28)26-11-13-27(14-12-26)32(29,30)20-8-4-3-7-18(20)24/h1-8,15H,9-14H2. The molecule has 0 unspecified atom stereocenters. The summed E-state index contributed by atoms with van der Waals surface area (Å²) in [4.78, 5) is 17.9. The second kappa shape index (κ2) is 9.17. The largest absolute Gasteiger partial charge is 0.441 e. The zero-order chi connectivity index (χ0) is 22.7. The number of rotatable bonds is 6. The fourth-order valence-corrected chi connectivity index (χ4v) is 5.04. The minimum absolute atomic E-state index is 0.0822. The van der Waals surface area contributed by atoms with Crippen molar-refractivity contribution in [2.45, 2.75) is 17.7 Å². The average Bonchev–Trinajstić information content (AvgIpc) is 3.27. The van der Waals surface area contributed by atoms with Crippen molar-refractivity contribution in [2.75, 3.05) is 26.2 Å². The number of aryl methyl sites for hydroxylation is 1. The van der Waals surface area contributed by atoms with E-state index in [9.17, 15) is 22.0 Å². The molecule has 7 nitrogen and oxygen atoms in total. The normalized spacial score (nSPS) is 15.1. The highest BCUT2D eigenvalue weighted by molar-refractivity contribution is 7.89. The summed E-state index contributed by atoms with van der Waals surface area (Å²) in [6.07, 6.45) is 1.78. The third-order valence-electron chi connectivity index (χ3n) is 5.29. The number of benzene rings is 2. The molecule has 32 heavy (non-hydrogen) atoms. The van der Waals surface area contributed by atoms with Crippen molar-refractivity contribution in [1.82, 2.24) is 14.2 Å². The first-order valence-corrected chi connectivity index (χ1v) is 11.5. The second-order valence-electron chi connectivity index (χ2n) is 7.31. The molecule has 4 rings (SSSR count). The molecule has 0 radical (unpaired) electrons. The van der Waals surface area contributed by atoms with Crippen LogP contribution in [0, 0.1) is 11.6 Å². The lowest BCUT2D eigenvalue weighted by molar-refractivity contribution is -0.132. The van der Waals surface area contributed by atoms with Crippen LogP contribution in [0.1, 0.15) is 12.3 Å². The number of carbonyl (C=O) groups is 1. The number of hydrogen-bond donors (Lipinski definition) is 0. The van der Waals surface area contributed by atoms with Crippen molar-refractivity contribution in [3.05, 3.63) is 72.3 Å². The Hall–Kier alpha value is -3.11. The van der Waals surface area contributed by atoms with E-state index in [4.69, 9.17) is 4.42 Å². The summed E-state index contributed by atoms with van der Waals surface area (Å²) in [7, 11) is -3.96. The summed E-state index contributed by atoms with van der Waals surface area (Å²) in [5, 5.41) is 0. The summed E-state index contributed by atoms with van der Waals surface area (Å²) in [6.45, 7) is 0.578. The van der Waals surface area contributed by atoms with Gasteiger partial charge in [-0.05, 0) is 24.3 Å². The predicted molar refractivity (Wildman–Crippen MR) is 112 cm³/mol. The summed E-state index contributed by atoms with van der Waals surface area (Å²) >= 11 is 0. The molecule has 168 valence electrons. The van der Waals surface area contributed by atoms with Gasteiger partial charge in [-0.25, -0.2) is 22.2 Å². The SMILES string of the molecule is O=C(CCc1ncc(-c2ccccc2F)o1)N1CCN(S(=O)(=O)c2ccccc2F)CC1. The van der Waals surface area contributed by atoms with E-state index in [2.05, 4.69) is 4.98 Å². The van der Waals surface area contributed by atoms with Crippen molar-refractivity contribution in [3.63, 3.8) is 0 Å². The second-order valence-corrected chi connectivity index (χ2v) is 9.22. The number of hydrogen-bond acceptors (Lipinski definition) is 5. The van der Waals surface area contributed by atoms with Crippen LogP contribution in [0.5, 0.6) is 0 Å². The molecular formula is C22H21F2N3O4S. The van der Waals surface area contributed by atoms with Crippen LogP contribution >= 0.6 is 0 Å². The highest BCUT2D eigenvalue weighted by Gasteiger charge is 2.31. The van der Waals surface area contributed by atoms with Crippen LogP contribution in [-0.2, 0) is 21.2 Å². The molecule has 0 aliphatic carbocycles. The summed E-state index contributed by atoms with van der Waals surface area (Å²) in [5.74, 6) is -0.783. The number of sulfonamides is 1. The smallest absolute Gasteiger partial charge is 0.246 e. The van der Waals surface area contributed by atoms with Gasteiger partial charge in [-0.1, -0.05) is 24.3 Å². The average molecular weight is 461 g/mol. The van der Waals surface area contributed by atoms with Gasteiger partial charge in [0.15, 0.2) is 11.7 Å². The molecule has 0 saturated carbocycles. The van der Waals surface area contributed by atoms with Gasteiger partial charge in [0.25, 0.3) is 0 Å². The summed E-state index contributed by atoms with van der Waals surface area (Å²) in [6, 6.07) is 11.4. The number of halogens is 2. The van der Waals surface area contributed by atoms with E-state index in [1.807, 2.05) is 0 Å². The van der Waals surface area contributed by atoms with Crippen molar-refractivity contribution in [3.8, 4) is 11.3 Å². The van der Waals surface area contributed by atoms with Crippen LogP contribution in [0.3, 0.4) is 0 Å². The minimum Gasteiger partial charge on any atom is -0.441 e. The molecule has 1 aromatic heterocycles. The van der Waals surface area contributed by atoms with Gasteiger partial charge in [0.1, 0.15) is 16.5 Å². The topological polar surface area (TPSA) is 83.7 Å². The van der Waals surface area contributed by atoms with Gasteiger partial charge >= 0.3 is 0 Å². The van der Waals surface area contributed by atoms with E-state index in [0.717, 1.165) is 6.07 Å². The lowest BCUT2D eigenvalue weighted by atomic mass is 10.2. The van der Waals surface area contributed by atoms with Crippen molar-refractivity contribution >= 4 is 15.9 Å². The highest BCUT2D eigenvalue weighted by atomic mass is 32.2. The van der Waals surface area contributed by atoms with Crippen molar-refractivity contribution in [1.29, 1.82) is 0 Å². The molecule has 1 fully saturated rings. The van der Waals surface area contributed by atoms with Crippen LogP contribution in [-0.4, -0.2) is 54.7 Å². The van der Waals surface area contributed by atoms with Gasteiger partial charge in [-0.3, -0.25) is 4.79 Å². The molecule has 10 heteroatoms. The maximum atomic E-state index is 13.9. The highest BCUT2D eigenvalue weighted by Crippen LogP contribution is 2.24. The third kappa shape index (κ3) is 4.56. The van der Waals surface area contributed by atoms with E-state index in [0.29, 0.717) is 11.5 Å². The maximum absolute atomic E-state index is 13.9. The molecule has 0 atom stereocenters. The van der Waals surface area contributed by atoms with Crippen LogP contribution in [0.15, 0.2) is 64.0 Å². The van der Waals surface area contributed by atoms with Crippen LogP contribution in [0.4, 0.5) is 8.78 Å². The number of piperazine rings is 1. The Morgan fingerprint density at radius 1 is 0.969 bits per heavy atom. The van der Waals surface area contributed by atoms with E-state index >= 15 is 0 Å². The molecule has 0 bridgehead atoms. The first-order valence-electron chi connectivity index (χ1n) is 10.1. The van der Waals surface area contributed by atoms with E-state index in [1.165, 1.54) is 34.8 Å². The molecule has 0 N–H and O–H groups in total. The van der Waals surface area contributed by atoms with Gasteiger partial charge in [0, 0.05) is 39.0 Å². The Labute approximate surface area is 184 Å². The van der Waals surface area contributed by atoms with Gasteiger partial charge in [0.05, 0.1) is 11.8 Å². The predicted octanol–water partition coefficient (Wildman–Crippen LogP) is 3.09. The molecule has 3 aromatic rings. The Morgan fingerprint density at radius 3 is 2.31 bits per heavy atom. The van der Waals surface area contributed by atoms with Gasteiger partial charge in [0.2, 0.25) is 15.9 Å². The van der Waals surface area contributed by atoms with Gasteiger partial charge < -0.3 is 9.32 Å². The zero-order valence-electron chi connectivity index (χ0n) is 17.1. The Kier molecular flexibility index (Phi) is 6.33. The number of carbonyl (C=O) groups excluding carboxylic acids is 1. The summed E-state index contributed by atoms with van der Waals surface area (Å²) < 4.78 is 59.9. The Balaban J connectivity index is 1.32. The molecular weight excluding hydrogens is 440 g/mol. The Morgan fingerprint density at radius 2 is 1.62 bits per heavy atom. The van der Waals surface area contributed by atoms with E-state index < -0.39 is 21.7 Å². The van der Waals surface area contributed by atoms with Crippen LogP contribution in [0.2, 0.25) is 0 Å². The van der Waals surface area contributed by atoms with Gasteiger partial charge in [-0.15, -0.1) is 0 Å². The third-order valence-corrected chi connectivity index (χ3v) is 7.22. The van der Waals surface area contributed by atoms with Crippen molar-refractivity contribution < 1.29 is 26.4 Å². The molecule has 0 spiro atoms. The number of amides is 1. The molecule has 1 aliphatic rings. The quantitative estimate of drug-likeness (QED) is 0.563. The van der Waals surface area contributed by atoms with Crippen LogP contribution < -0.4 is 0 Å². The maximum Gasteiger partial charge on any atom is 0.246 e. The monoisotopic (exact) mass is 461 g/mol. The van der Waals surface area contributed by atoms with Crippen molar-refractivity contribution in [2.24, 2.45) is 0 Å². The number of nitrogens with zero attached hydrogens (tertiary/aromatic N) is 3. The number of oxazole rings is 1. The number of aromatic nitrogens is 1. The zero-order valence-corrected chi connectivity index (χ0v) is 17.9. The molecule has 2 aromatic carbocycles. The molecule has 2 heterocycles. The minimum atomic E-state index is -3.96. The Bertz CT molecular complexity index is 1220. The van der Waals surface area contributed by atoms with E-state index in [-0.39, 0.29) is 55.6 Å². The molecule has 1 aliphatic heterocycles. The molecule has 1 amide bonds. The molecule has 1 saturated heterocycles. The first-order chi connectivity index (χ1) is 15.4. The van der Waals surface area contributed by atoms with Gasteiger partial charge in [-0.2, -0.15) is 4.31 Å². The lowest BCUT2D eigenvalue weighted by Crippen LogP contribution is -2.50. The fraction of sp³-hybridized carbons (Fsp3) is 0.273. The lowest BCUT2D eigenvalue weighted by Gasteiger charge is -2.34. The van der Waals surface area contributed by atoms with Crippen LogP contribution in [0.25, 0.3) is 11.3 Å². The first kappa shape index (κ1) is 22.1. The fourth-order valence-electron chi connectivity index (χ4n) is 3.55.